The molecule has 0 saturated heterocycles. The van der Waals surface area contributed by atoms with Gasteiger partial charge in [-0.3, -0.25) is 0 Å². The molecule has 0 spiro atoms. The van der Waals surface area contributed by atoms with Crippen molar-refractivity contribution in [1.82, 2.24) is 0 Å². The molecule has 0 bridgehead atoms. The van der Waals surface area contributed by atoms with Crippen LogP contribution in [0.5, 0.6) is 11.5 Å². The van der Waals surface area contributed by atoms with Crippen LogP contribution < -0.4 is 9.47 Å². The lowest BCUT2D eigenvalue weighted by molar-refractivity contribution is 0.236. The molecule has 2 rings (SSSR count). The molecule has 0 heterocycles. The Morgan fingerprint density at radius 3 is 2.26 bits per heavy atom. The van der Waals surface area contributed by atoms with Crippen molar-refractivity contribution < 1.29 is 18.3 Å². The molecular weight excluding hydrogens is 250 g/mol. The van der Waals surface area contributed by atoms with E-state index in [-0.39, 0.29) is 18.1 Å². The summed E-state index contributed by atoms with van der Waals surface area (Å²) in [7, 11) is 0. The van der Waals surface area contributed by atoms with Gasteiger partial charge in [0.25, 0.3) is 0 Å². The van der Waals surface area contributed by atoms with Gasteiger partial charge in [0.15, 0.2) is 11.5 Å². The topological polar surface area (TPSA) is 18.5 Å². The Kier molecular flexibility index (Phi) is 4.77. The molecule has 0 unspecified atom stereocenters. The third-order valence-corrected chi connectivity index (χ3v) is 3.32. The summed E-state index contributed by atoms with van der Waals surface area (Å²) in [6.07, 6.45) is 6.06. The van der Waals surface area contributed by atoms with Crippen LogP contribution in [0.15, 0.2) is 24.8 Å². The third-order valence-electron chi connectivity index (χ3n) is 3.32. The molecule has 1 aromatic rings. The number of rotatable bonds is 6. The van der Waals surface area contributed by atoms with Crippen LogP contribution in [-0.2, 0) is 0 Å². The first-order chi connectivity index (χ1) is 9.22. The molecule has 0 amide bonds. The summed E-state index contributed by atoms with van der Waals surface area (Å²) in [6, 6.07) is 2.79. The molecule has 4 heteroatoms. The van der Waals surface area contributed by atoms with E-state index in [4.69, 9.17) is 9.47 Å². The smallest absolute Gasteiger partial charge is 0.204 e. The fourth-order valence-corrected chi connectivity index (χ4v) is 2.27. The van der Waals surface area contributed by atoms with E-state index < -0.39 is 11.6 Å². The van der Waals surface area contributed by atoms with Gasteiger partial charge in [-0.05, 0) is 30.9 Å². The monoisotopic (exact) mass is 268 g/mol. The molecule has 0 N–H and O–H groups in total. The zero-order valence-electron chi connectivity index (χ0n) is 10.8. The first-order valence-electron chi connectivity index (χ1n) is 6.57. The van der Waals surface area contributed by atoms with Crippen molar-refractivity contribution in [2.45, 2.75) is 25.7 Å². The Morgan fingerprint density at radius 1 is 1.11 bits per heavy atom. The predicted octanol–water partition coefficient (Wildman–Crippen LogP) is 4.10. The van der Waals surface area contributed by atoms with E-state index in [0.717, 1.165) is 12.8 Å². The van der Waals surface area contributed by atoms with Crippen molar-refractivity contribution in [2.75, 3.05) is 13.2 Å². The Morgan fingerprint density at radius 2 is 1.68 bits per heavy atom. The average Bonchev–Trinajstić information content (AvgIpc) is 2.92. The van der Waals surface area contributed by atoms with Crippen LogP contribution >= 0.6 is 0 Å². The molecule has 1 aliphatic carbocycles. The maximum absolute atomic E-state index is 13.8. The molecule has 104 valence electrons. The summed E-state index contributed by atoms with van der Waals surface area (Å²) in [4.78, 5) is 0. The minimum absolute atomic E-state index is 0.0460. The standard InChI is InChI=1S/C15H18F2O2/c1-2-9-18-12-7-8-13(15(17)14(12)16)19-10-11-5-3-4-6-11/h2,7-8,11H,1,3-6,9-10H2. The van der Waals surface area contributed by atoms with Crippen molar-refractivity contribution in [3.63, 3.8) is 0 Å². The van der Waals surface area contributed by atoms with Gasteiger partial charge in [0.2, 0.25) is 11.6 Å². The first kappa shape index (κ1) is 13.8. The van der Waals surface area contributed by atoms with Gasteiger partial charge in [0.05, 0.1) is 6.61 Å². The van der Waals surface area contributed by atoms with Crippen LogP contribution in [0.1, 0.15) is 25.7 Å². The molecule has 2 nitrogen and oxygen atoms in total. The van der Waals surface area contributed by atoms with E-state index in [1.165, 1.54) is 31.1 Å². The zero-order valence-corrected chi connectivity index (χ0v) is 10.8. The summed E-state index contributed by atoms with van der Waals surface area (Å²) in [5.41, 5.74) is 0. The van der Waals surface area contributed by atoms with Gasteiger partial charge in [0.1, 0.15) is 6.61 Å². The van der Waals surface area contributed by atoms with Crippen LogP contribution in [-0.4, -0.2) is 13.2 Å². The Bertz CT molecular complexity index is 440. The van der Waals surface area contributed by atoms with E-state index >= 15 is 0 Å². The quantitative estimate of drug-likeness (QED) is 0.723. The van der Waals surface area contributed by atoms with Gasteiger partial charge in [0, 0.05) is 0 Å². The third kappa shape index (κ3) is 3.46. The molecular formula is C15H18F2O2. The fourth-order valence-electron chi connectivity index (χ4n) is 2.27. The Hall–Kier alpha value is -1.58. The SMILES string of the molecule is C=CCOc1ccc(OCC2CCCC2)c(F)c1F. The molecule has 1 aliphatic rings. The largest absolute Gasteiger partial charge is 0.490 e. The second-order valence-electron chi connectivity index (χ2n) is 4.75. The number of hydrogen-bond donors (Lipinski definition) is 0. The molecule has 0 atom stereocenters. The van der Waals surface area contributed by atoms with Gasteiger partial charge in [-0.2, -0.15) is 8.78 Å². The van der Waals surface area contributed by atoms with Crippen molar-refractivity contribution >= 4 is 0 Å². The number of hydrogen-bond acceptors (Lipinski definition) is 2. The highest BCUT2D eigenvalue weighted by atomic mass is 19.2. The van der Waals surface area contributed by atoms with Gasteiger partial charge in [-0.15, -0.1) is 0 Å². The second-order valence-corrected chi connectivity index (χ2v) is 4.75. The summed E-state index contributed by atoms with van der Waals surface area (Å²) >= 11 is 0. The molecule has 1 aromatic carbocycles. The molecule has 0 radical (unpaired) electrons. The van der Waals surface area contributed by atoms with Crippen LogP contribution in [0, 0.1) is 17.6 Å². The van der Waals surface area contributed by atoms with E-state index in [1.807, 2.05) is 0 Å². The summed E-state index contributed by atoms with van der Waals surface area (Å²) in [5.74, 6) is -1.70. The maximum Gasteiger partial charge on any atom is 0.204 e. The highest BCUT2D eigenvalue weighted by Gasteiger charge is 2.19. The number of benzene rings is 1. The van der Waals surface area contributed by atoms with E-state index in [9.17, 15) is 8.78 Å². The average molecular weight is 268 g/mol. The summed E-state index contributed by atoms with van der Waals surface area (Å²) < 4.78 is 37.8. The molecule has 0 aliphatic heterocycles. The number of ether oxygens (including phenoxy) is 2. The lowest BCUT2D eigenvalue weighted by Gasteiger charge is -2.13. The fraction of sp³-hybridized carbons (Fsp3) is 0.467. The Labute approximate surface area is 112 Å². The van der Waals surface area contributed by atoms with Gasteiger partial charge >= 0.3 is 0 Å². The van der Waals surface area contributed by atoms with Crippen molar-refractivity contribution in [3.8, 4) is 11.5 Å². The Balaban J connectivity index is 2.00. The molecule has 1 fully saturated rings. The van der Waals surface area contributed by atoms with Gasteiger partial charge < -0.3 is 9.47 Å². The second kappa shape index (κ2) is 6.55. The van der Waals surface area contributed by atoms with E-state index in [1.54, 1.807) is 0 Å². The molecule has 1 saturated carbocycles. The highest BCUT2D eigenvalue weighted by molar-refractivity contribution is 5.35. The minimum atomic E-state index is -1.01. The van der Waals surface area contributed by atoms with Crippen molar-refractivity contribution in [3.05, 3.63) is 36.4 Å². The highest BCUT2D eigenvalue weighted by Crippen LogP contribution is 2.30. The van der Waals surface area contributed by atoms with Crippen LogP contribution in [0.2, 0.25) is 0 Å². The predicted molar refractivity (Wildman–Crippen MR) is 69.5 cm³/mol. The molecule has 19 heavy (non-hydrogen) atoms. The summed E-state index contributed by atoms with van der Waals surface area (Å²) in [5, 5.41) is 0. The number of halogens is 2. The molecule has 0 aromatic heterocycles. The van der Waals surface area contributed by atoms with Crippen LogP contribution in [0.25, 0.3) is 0 Å². The lowest BCUT2D eigenvalue weighted by atomic mass is 10.1. The normalized spacial score (nSPS) is 15.5. The first-order valence-corrected chi connectivity index (χ1v) is 6.57. The zero-order chi connectivity index (χ0) is 13.7. The van der Waals surface area contributed by atoms with E-state index in [2.05, 4.69) is 6.58 Å². The maximum atomic E-state index is 13.8. The lowest BCUT2D eigenvalue weighted by Crippen LogP contribution is -2.09. The van der Waals surface area contributed by atoms with Crippen molar-refractivity contribution in [1.29, 1.82) is 0 Å². The summed E-state index contributed by atoms with van der Waals surface area (Å²) in [6.45, 7) is 4.04. The van der Waals surface area contributed by atoms with Gasteiger partial charge in [-0.25, -0.2) is 0 Å². The van der Waals surface area contributed by atoms with Crippen LogP contribution in [0.3, 0.4) is 0 Å². The van der Waals surface area contributed by atoms with Gasteiger partial charge in [-0.1, -0.05) is 25.5 Å². The minimum Gasteiger partial charge on any atom is -0.490 e. The van der Waals surface area contributed by atoms with E-state index in [0.29, 0.717) is 12.5 Å². The van der Waals surface area contributed by atoms with Crippen molar-refractivity contribution in [2.24, 2.45) is 5.92 Å². The van der Waals surface area contributed by atoms with Crippen LogP contribution in [0.4, 0.5) is 8.78 Å².